The first kappa shape index (κ1) is 9.66. The Morgan fingerprint density at radius 3 is 2.25 bits per heavy atom. The quantitative estimate of drug-likeness (QED) is 0.639. The number of hydrogen-bond donors (Lipinski definition) is 0. The zero-order valence-electron chi connectivity index (χ0n) is 7.87. The molecule has 0 aliphatic rings. The lowest BCUT2D eigenvalue weighted by Crippen LogP contribution is -2.04. The molecule has 0 amide bonds. The van der Waals surface area contributed by atoms with Crippen LogP contribution in [0.5, 0.6) is 0 Å². The Kier molecular flexibility index (Phi) is 3.67. The molecule has 0 N–H and O–H groups in total. The Balaban J connectivity index is 2.53. The maximum absolute atomic E-state index is 3.02. The predicted octanol–water partition coefficient (Wildman–Crippen LogP) is 3.62. The summed E-state index contributed by atoms with van der Waals surface area (Å²) in [5.74, 6) is 0.735. The van der Waals surface area contributed by atoms with Crippen LogP contribution in [0, 0.1) is 12.0 Å². The lowest BCUT2D eigenvalue weighted by atomic mass is 10.2. The van der Waals surface area contributed by atoms with E-state index >= 15 is 0 Å². The molecule has 0 heterocycles. The largest absolute Gasteiger partial charge is 0.123 e. The maximum atomic E-state index is 3.02. The first-order chi connectivity index (χ1) is 5.70. The zero-order valence-corrected chi connectivity index (χ0v) is 8.69. The van der Waals surface area contributed by atoms with Crippen molar-refractivity contribution >= 4 is 11.8 Å². The molecule has 1 aromatic carbocycles. The molecule has 0 aliphatic heterocycles. The summed E-state index contributed by atoms with van der Waals surface area (Å²) in [6, 6.07) is 11.2. The molecule has 0 saturated carbocycles. The van der Waals surface area contributed by atoms with Crippen LogP contribution in [-0.2, 0) is 0 Å². The topological polar surface area (TPSA) is 0 Å². The Morgan fingerprint density at radius 1 is 1.17 bits per heavy atom. The number of rotatable bonds is 3. The lowest BCUT2D eigenvalue weighted by molar-refractivity contribution is 0.642. The van der Waals surface area contributed by atoms with E-state index < -0.39 is 0 Å². The number of thioether (sulfide) groups is 1. The van der Waals surface area contributed by atoms with Crippen molar-refractivity contribution in [1.29, 1.82) is 0 Å². The molecule has 0 nitrogen and oxygen atoms in total. The van der Waals surface area contributed by atoms with Gasteiger partial charge in [-0.2, -0.15) is 0 Å². The Labute approximate surface area is 79.4 Å². The fraction of sp³-hybridized carbons (Fsp3) is 0.455. The van der Waals surface area contributed by atoms with Crippen molar-refractivity contribution in [1.82, 2.24) is 0 Å². The van der Waals surface area contributed by atoms with Crippen LogP contribution in [0.3, 0.4) is 0 Å². The van der Waals surface area contributed by atoms with Crippen LogP contribution >= 0.6 is 11.8 Å². The molecule has 0 aromatic heterocycles. The average molecular weight is 179 g/mol. The van der Waals surface area contributed by atoms with E-state index in [9.17, 15) is 0 Å². The second-order valence-corrected chi connectivity index (χ2v) is 4.75. The van der Waals surface area contributed by atoms with Crippen molar-refractivity contribution in [2.45, 2.75) is 30.9 Å². The van der Waals surface area contributed by atoms with Crippen molar-refractivity contribution in [3.05, 3.63) is 30.3 Å². The van der Waals surface area contributed by atoms with Crippen molar-refractivity contribution < 1.29 is 0 Å². The summed E-state index contributed by atoms with van der Waals surface area (Å²) in [6.45, 7) is 6.78. The molecule has 1 rings (SSSR count). The van der Waals surface area contributed by atoms with Crippen LogP contribution < -0.4 is 0 Å². The number of hydrogen-bond acceptors (Lipinski definition) is 1. The van der Waals surface area contributed by atoms with Gasteiger partial charge in [-0.05, 0) is 24.1 Å². The van der Waals surface area contributed by atoms with Crippen molar-refractivity contribution in [3.63, 3.8) is 0 Å². The third kappa shape index (κ3) is 2.90. The molecule has 0 aliphatic carbocycles. The molecule has 1 heteroatoms. The van der Waals surface area contributed by atoms with Gasteiger partial charge in [0.05, 0.1) is 0 Å². The summed E-state index contributed by atoms with van der Waals surface area (Å²) in [5.41, 5.74) is 0. The van der Waals surface area contributed by atoms with Crippen LogP contribution in [0.1, 0.15) is 20.8 Å². The van der Waals surface area contributed by atoms with Gasteiger partial charge < -0.3 is 0 Å². The molecular formula is C11H15S. The smallest absolute Gasteiger partial charge is 0.00890 e. The van der Waals surface area contributed by atoms with Gasteiger partial charge in [-0.15, -0.1) is 11.8 Å². The highest BCUT2D eigenvalue weighted by Crippen LogP contribution is 2.26. The van der Waals surface area contributed by atoms with Crippen molar-refractivity contribution in [2.75, 3.05) is 0 Å². The standard InChI is InChI=1S/C11H15S/c1-9(2)10(3)12-11-7-5-4-6-8-11/h5-10H,1-3H3. The van der Waals surface area contributed by atoms with Crippen LogP contribution in [-0.4, -0.2) is 5.25 Å². The number of benzene rings is 1. The minimum Gasteiger partial charge on any atom is -0.123 e. The molecular weight excluding hydrogens is 164 g/mol. The molecule has 1 aromatic rings. The van der Waals surface area contributed by atoms with E-state index in [0.717, 1.165) is 5.92 Å². The van der Waals surface area contributed by atoms with Gasteiger partial charge in [0.2, 0.25) is 0 Å². The van der Waals surface area contributed by atoms with Gasteiger partial charge in [-0.25, -0.2) is 0 Å². The van der Waals surface area contributed by atoms with E-state index in [1.54, 1.807) is 0 Å². The van der Waals surface area contributed by atoms with E-state index in [4.69, 9.17) is 0 Å². The third-order valence-electron chi connectivity index (χ3n) is 1.95. The molecule has 1 unspecified atom stereocenters. The van der Waals surface area contributed by atoms with Crippen LogP contribution in [0.2, 0.25) is 0 Å². The highest BCUT2D eigenvalue weighted by molar-refractivity contribution is 8.00. The molecule has 65 valence electrons. The van der Waals surface area contributed by atoms with E-state index in [1.165, 1.54) is 4.90 Å². The fourth-order valence-corrected chi connectivity index (χ4v) is 1.80. The Hall–Kier alpha value is -0.430. The lowest BCUT2D eigenvalue weighted by Gasteiger charge is -2.14. The van der Waals surface area contributed by atoms with Gasteiger partial charge in [0.1, 0.15) is 0 Å². The van der Waals surface area contributed by atoms with Crippen LogP contribution in [0.15, 0.2) is 29.2 Å². The Morgan fingerprint density at radius 2 is 1.75 bits per heavy atom. The summed E-state index contributed by atoms with van der Waals surface area (Å²) in [4.78, 5) is 1.34. The monoisotopic (exact) mass is 179 g/mol. The minimum absolute atomic E-state index is 0.687. The van der Waals surface area contributed by atoms with Crippen molar-refractivity contribution in [3.8, 4) is 0 Å². The van der Waals surface area contributed by atoms with Crippen LogP contribution in [0.4, 0.5) is 0 Å². The minimum atomic E-state index is 0.687. The normalized spacial score (nSPS) is 13.3. The van der Waals surface area contributed by atoms with Crippen LogP contribution in [0.25, 0.3) is 0 Å². The summed E-state index contributed by atoms with van der Waals surface area (Å²) in [6.07, 6.45) is 0. The first-order valence-electron chi connectivity index (χ1n) is 4.33. The molecule has 12 heavy (non-hydrogen) atoms. The summed E-state index contributed by atoms with van der Waals surface area (Å²) < 4.78 is 0. The van der Waals surface area contributed by atoms with E-state index in [1.807, 2.05) is 23.9 Å². The summed E-state index contributed by atoms with van der Waals surface area (Å²) in [7, 11) is 0. The third-order valence-corrected chi connectivity index (χ3v) is 3.41. The first-order valence-corrected chi connectivity index (χ1v) is 5.21. The van der Waals surface area contributed by atoms with Gasteiger partial charge in [-0.1, -0.05) is 32.9 Å². The second-order valence-electron chi connectivity index (χ2n) is 3.30. The second kappa shape index (κ2) is 4.56. The van der Waals surface area contributed by atoms with Gasteiger partial charge in [0, 0.05) is 10.1 Å². The summed E-state index contributed by atoms with van der Waals surface area (Å²) >= 11 is 1.93. The highest BCUT2D eigenvalue weighted by Gasteiger charge is 2.07. The van der Waals surface area contributed by atoms with E-state index in [2.05, 4.69) is 39.0 Å². The van der Waals surface area contributed by atoms with Gasteiger partial charge in [0.25, 0.3) is 0 Å². The Bertz CT molecular complexity index is 216. The average Bonchev–Trinajstić information content (AvgIpc) is 2.06. The molecule has 1 atom stereocenters. The SMILES string of the molecule is CC(C)C(C)Sc1cc[c]cc1. The predicted molar refractivity (Wildman–Crippen MR) is 55.4 cm³/mol. The maximum Gasteiger partial charge on any atom is 0.00890 e. The fourth-order valence-electron chi connectivity index (χ4n) is 0.801. The molecule has 0 bridgehead atoms. The summed E-state index contributed by atoms with van der Waals surface area (Å²) in [5, 5.41) is 0.687. The molecule has 0 fully saturated rings. The molecule has 1 radical (unpaired) electrons. The van der Waals surface area contributed by atoms with E-state index in [-0.39, 0.29) is 0 Å². The van der Waals surface area contributed by atoms with Gasteiger partial charge >= 0.3 is 0 Å². The van der Waals surface area contributed by atoms with E-state index in [0.29, 0.717) is 5.25 Å². The molecule has 0 spiro atoms. The van der Waals surface area contributed by atoms with Gasteiger partial charge in [0.15, 0.2) is 0 Å². The highest BCUT2D eigenvalue weighted by atomic mass is 32.2. The zero-order chi connectivity index (χ0) is 8.97. The van der Waals surface area contributed by atoms with Crippen molar-refractivity contribution in [2.24, 2.45) is 5.92 Å². The van der Waals surface area contributed by atoms with Gasteiger partial charge in [-0.3, -0.25) is 0 Å². The molecule has 0 saturated heterocycles.